The van der Waals surface area contributed by atoms with E-state index in [1.807, 2.05) is 24.9 Å². The van der Waals surface area contributed by atoms with Crippen molar-refractivity contribution in [1.82, 2.24) is 19.9 Å². The Hall–Kier alpha value is -3.19. The van der Waals surface area contributed by atoms with Gasteiger partial charge in [0.15, 0.2) is 17.9 Å². The molecule has 3 aromatic rings. The van der Waals surface area contributed by atoms with Crippen molar-refractivity contribution >= 4 is 31.0 Å². The van der Waals surface area contributed by atoms with Crippen molar-refractivity contribution < 1.29 is 23.8 Å². The Bertz CT molecular complexity index is 1380. The Labute approximate surface area is 260 Å². The first-order valence-corrected chi connectivity index (χ1v) is 14.8. The topological polar surface area (TPSA) is 126 Å². The van der Waals surface area contributed by atoms with Gasteiger partial charge >= 0.3 is 0 Å². The number of ketones is 1. The van der Waals surface area contributed by atoms with Crippen LogP contribution in [0, 0.1) is 13.8 Å². The molecule has 1 fully saturated rings. The van der Waals surface area contributed by atoms with Crippen LogP contribution in [0.4, 0.5) is 11.8 Å². The zero-order valence-electron chi connectivity index (χ0n) is 25.6. The standard InChI is InChI=1S/C31H42N6O5.H2S/c1-5-11-36(4)31-34-26(13-30(35-31)33-23-16-40-17-23)27(39)8-7-24(38)15-37-12-10-25-20(2)28(9-6-22(25)14-37)41-18-29-21(3)32-19-42-29;/h6,9,13,19,23-24,38H,5,7-8,10-12,14-18H2,1-4H3,(H,33,34,35);1H2/t24-;/m0./s1. The number of anilines is 2. The second kappa shape index (κ2) is 15.0. The van der Waals surface area contributed by atoms with Gasteiger partial charge in [0.2, 0.25) is 5.95 Å². The number of ether oxygens (including phenoxy) is 2. The number of aliphatic hydroxyl groups excluding tert-OH is 1. The number of β-amino-alcohol motifs (C(OH)–C–C–N with tert-alkyl or cyclic N) is 1. The minimum atomic E-state index is -0.613. The molecular weight excluding hydrogens is 568 g/mol. The van der Waals surface area contributed by atoms with Crippen LogP contribution < -0.4 is 15.0 Å². The van der Waals surface area contributed by atoms with E-state index in [4.69, 9.17) is 13.9 Å². The third-order valence-corrected chi connectivity index (χ3v) is 7.99. The fourth-order valence-corrected chi connectivity index (χ4v) is 5.40. The number of Topliss-reactive ketones (excluding diaryl/α,β-unsaturated/α-hetero) is 1. The summed E-state index contributed by atoms with van der Waals surface area (Å²) in [6, 6.07) is 6.02. The molecule has 0 radical (unpaired) electrons. The highest BCUT2D eigenvalue weighted by Gasteiger charge is 2.24. The highest BCUT2D eigenvalue weighted by Crippen LogP contribution is 2.30. The SMILES string of the molecule is CCCN(C)c1nc(NC2COC2)cc(C(=O)CC[C@H](O)CN2CCc3c(ccc(OCc4ocnc4C)c3C)C2)n1.S. The fraction of sp³-hybridized carbons (Fsp3) is 0.548. The maximum atomic E-state index is 13.2. The van der Waals surface area contributed by atoms with E-state index < -0.39 is 6.10 Å². The third-order valence-electron chi connectivity index (χ3n) is 7.99. The highest BCUT2D eigenvalue weighted by atomic mass is 32.1. The molecule has 2 N–H and O–H groups in total. The van der Waals surface area contributed by atoms with E-state index in [1.165, 1.54) is 17.5 Å². The smallest absolute Gasteiger partial charge is 0.227 e. The zero-order chi connectivity index (χ0) is 29.6. The largest absolute Gasteiger partial charge is 0.485 e. The number of aromatic nitrogens is 3. The first-order chi connectivity index (χ1) is 20.3. The van der Waals surface area contributed by atoms with Gasteiger partial charge in [-0.1, -0.05) is 13.0 Å². The fourth-order valence-electron chi connectivity index (χ4n) is 5.40. The summed E-state index contributed by atoms with van der Waals surface area (Å²) < 4.78 is 16.7. The van der Waals surface area contributed by atoms with Crippen molar-refractivity contribution in [1.29, 1.82) is 0 Å². The minimum absolute atomic E-state index is 0. The summed E-state index contributed by atoms with van der Waals surface area (Å²) in [5, 5.41) is 14.2. The van der Waals surface area contributed by atoms with Crippen LogP contribution in [-0.2, 0) is 24.3 Å². The maximum absolute atomic E-state index is 13.2. The summed E-state index contributed by atoms with van der Waals surface area (Å²) in [5.41, 5.74) is 4.89. The normalized spacial score (nSPS) is 15.7. The van der Waals surface area contributed by atoms with Crippen molar-refractivity contribution in [3.63, 3.8) is 0 Å². The number of oxazole rings is 1. The Balaban J connectivity index is 0.00000423. The van der Waals surface area contributed by atoms with Gasteiger partial charge in [-0.15, -0.1) is 0 Å². The van der Waals surface area contributed by atoms with Crippen LogP contribution in [0.15, 0.2) is 29.0 Å². The molecule has 4 heterocycles. The Morgan fingerprint density at radius 2 is 2.09 bits per heavy atom. The molecule has 0 saturated carbocycles. The molecule has 43 heavy (non-hydrogen) atoms. The molecule has 5 rings (SSSR count). The number of carbonyl (C=O) groups is 1. The third kappa shape index (κ3) is 8.26. The number of hydrogen-bond acceptors (Lipinski definition) is 11. The number of aliphatic hydroxyl groups is 1. The van der Waals surface area contributed by atoms with Crippen molar-refractivity contribution in [3.05, 3.63) is 58.4 Å². The van der Waals surface area contributed by atoms with Crippen molar-refractivity contribution in [3.8, 4) is 5.75 Å². The van der Waals surface area contributed by atoms with Gasteiger partial charge in [0.25, 0.3) is 0 Å². The van der Waals surface area contributed by atoms with E-state index in [-0.39, 0.29) is 31.7 Å². The van der Waals surface area contributed by atoms with Crippen LogP contribution in [-0.4, -0.2) is 82.8 Å². The molecule has 2 aliphatic rings. The van der Waals surface area contributed by atoms with E-state index in [9.17, 15) is 9.90 Å². The van der Waals surface area contributed by atoms with E-state index in [0.717, 1.165) is 55.2 Å². The lowest BCUT2D eigenvalue weighted by Crippen LogP contribution is -2.40. The molecule has 12 heteroatoms. The first-order valence-electron chi connectivity index (χ1n) is 14.8. The van der Waals surface area contributed by atoms with Crippen LogP contribution in [0.25, 0.3) is 0 Å². The van der Waals surface area contributed by atoms with Crippen molar-refractivity contribution in [2.24, 2.45) is 0 Å². The van der Waals surface area contributed by atoms with Crippen LogP contribution in [0.5, 0.6) is 5.75 Å². The quantitative estimate of drug-likeness (QED) is 0.258. The number of benzene rings is 1. The average molecular weight is 613 g/mol. The average Bonchev–Trinajstić information content (AvgIpc) is 3.37. The Kier molecular flexibility index (Phi) is 11.4. The summed E-state index contributed by atoms with van der Waals surface area (Å²) >= 11 is 0. The highest BCUT2D eigenvalue weighted by molar-refractivity contribution is 7.59. The zero-order valence-corrected chi connectivity index (χ0v) is 26.6. The number of hydrogen-bond donors (Lipinski definition) is 2. The monoisotopic (exact) mass is 612 g/mol. The summed E-state index contributed by atoms with van der Waals surface area (Å²) in [4.78, 5) is 30.7. The second-order valence-electron chi connectivity index (χ2n) is 11.3. The molecule has 0 aliphatic carbocycles. The number of carbonyl (C=O) groups excluding carboxylic acids is 1. The Morgan fingerprint density at radius 1 is 1.28 bits per heavy atom. The first kappa shape index (κ1) is 32.7. The molecule has 0 bridgehead atoms. The molecule has 11 nitrogen and oxygen atoms in total. The molecule has 234 valence electrons. The predicted octanol–water partition coefficient (Wildman–Crippen LogP) is 3.81. The number of aryl methyl sites for hydroxylation is 1. The number of nitrogens with zero attached hydrogens (tertiary/aromatic N) is 5. The van der Waals surface area contributed by atoms with Gasteiger partial charge in [-0.3, -0.25) is 9.69 Å². The lowest BCUT2D eigenvalue weighted by Gasteiger charge is -2.31. The minimum Gasteiger partial charge on any atom is -0.485 e. The summed E-state index contributed by atoms with van der Waals surface area (Å²) in [6.45, 7) is 10.6. The molecule has 0 spiro atoms. The molecule has 1 atom stereocenters. The van der Waals surface area contributed by atoms with Gasteiger partial charge in [0, 0.05) is 45.7 Å². The van der Waals surface area contributed by atoms with Gasteiger partial charge in [-0.25, -0.2) is 9.97 Å². The number of fused-ring (bicyclic) bond motifs is 1. The molecule has 1 saturated heterocycles. The van der Waals surface area contributed by atoms with Crippen LogP contribution in [0.1, 0.15) is 64.8 Å². The van der Waals surface area contributed by atoms with E-state index in [2.05, 4.69) is 45.1 Å². The lowest BCUT2D eigenvalue weighted by atomic mass is 9.94. The summed E-state index contributed by atoms with van der Waals surface area (Å²) in [5.74, 6) is 2.64. The van der Waals surface area contributed by atoms with E-state index in [0.29, 0.717) is 50.2 Å². The molecular formula is C31H44N6O5S. The van der Waals surface area contributed by atoms with Gasteiger partial charge in [0.05, 0.1) is 31.1 Å². The van der Waals surface area contributed by atoms with Crippen LogP contribution in [0.2, 0.25) is 0 Å². The summed E-state index contributed by atoms with van der Waals surface area (Å²) in [7, 11) is 1.93. The van der Waals surface area contributed by atoms with Gasteiger partial charge in [0.1, 0.15) is 23.9 Å². The number of nitrogens with one attached hydrogen (secondary N) is 1. The molecule has 0 amide bonds. The molecule has 2 aliphatic heterocycles. The van der Waals surface area contributed by atoms with Gasteiger partial charge in [-0.2, -0.15) is 18.5 Å². The molecule has 1 aromatic carbocycles. The number of rotatable bonds is 14. The predicted molar refractivity (Wildman–Crippen MR) is 170 cm³/mol. The summed E-state index contributed by atoms with van der Waals surface area (Å²) in [6.07, 6.45) is 3.24. The van der Waals surface area contributed by atoms with Crippen molar-refractivity contribution in [2.45, 2.75) is 71.8 Å². The van der Waals surface area contributed by atoms with Crippen molar-refractivity contribution in [2.75, 3.05) is 50.1 Å². The van der Waals surface area contributed by atoms with Gasteiger partial charge < -0.3 is 29.2 Å². The molecule has 2 aromatic heterocycles. The van der Waals surface area contributed by atoms with E-state index in [1.54, 1.807) is 6.07 Å². The van der Waals surface area contributed by atoms with Crippen LogP contribution >= 0.6 is 13.5 Å². The maximum Gasteiger partial charge on any atom is 0.227 e. The molecule has 0 unspecified atom stereocenters. The van der Waals surface area contributed by atoms with Crippen LogP contribution in [0.3, 0.4) is 0 Å². The second-order valence-corrected chi connectivity index (χ2v) is 11.3. The van der Waals surface area contributed by atoms with Gasteiger partial charge in [-0.05, 0) is 55.9 Å². The lowest BCUT2D eigenvalue weighted by molar-refractivity contribution is 0.0209. The Morgan fingerprint density at radius 3 is 2.79 bits per heavy atom. The van der Waals surface area contributed by atoms with E-state index >= 15 is 0 Å².